The van der Waals surface area contributed by atoms with Crippen LogP contribution in [0.25, 0.3) is 0 Å². The Bertz CT molecular complexity index is 653. The van der Waals surface area contributed by atoms with Crippen molar-refractivity contribution in [2.45, 2.75) is 51.7 Å². The van der Waals surface area contributed by atoms with Crippen LogP contribution in [-0.4, -0.2) is 35.7 Å². The van der Waals surface area contributed by atoms with E-state index in [1.54, 1.807) is 0 Å². The Balaban J connectivity index is 1.73. The quantitative estimate of drug-likeness (QED) is 0.859. The lowest BCUT2D eigenvalue weighted by molar-refractivity contribution is 0.484. The zero-order valence-corrected chi connectivity index (χ0v) is 13.5. The van der Waals surface area contributed by atoms with Crippen molar-refractivity contribution in [2.24, 2.45) is 0 Å². The number of rotatable bonds is 4. The highest BCUT2D eigenvalue weighted by molar-refractivity contribution is 7.91. The summed E-state index contributed by atoms with van der Waals surface area (Å²) >= 11 is 0. The van der Waals surface area contributed by atoms with Crippen molar-refractivity contribution in [1.82, 2.24) is 15.1 Å². The molecular weight excluding hydrogens is 286 g/mol. The number of aromatic nitrogens is 2. The molecule has 2 aliphatic rings. The summed E-state index contributed by atoms with van der Waals surface area (Å²) < 4.78 is 25.2. The van der Waals surface area contributed by atoms with Gasteiger partial charge in [-0.2, -0.15) is 5.10 Å². The number of hydrogen-bond donors (Lipinski definition) is 1. The molecule has 1 aliphatic heterocycles. The van der Waals surface area contributed by atoms with Gasteiger partial charge in [-0.1, -0.05) is 12.2 Å². The highest BCUT2D eigenvalue weighted by atomic mass is 32.2. The summed E-state index contributed by atoms with van der Waals surface area (Å²) in [5.74, 6) is 0.520. The standard InChI is InChI=1S/C15H23N3O2S/c1-11-15(9-16-13-5-3-4-6-13)12(2)18(17-11)14-7-8-21(19,20)10-14/h3-4,13-14,16H,5-10H2,1-2H3. The third kappa shape index (κ3) is 3.06. The molecular formula is C15H23N3O2S. The first-order chi connectivity index (χ1) is 9.96. The van der Waals surface area contributed by atoms with E-state index in [0.29, 0.717) is 12.5 Å². The number of nitrogens with zero attached hydrogens (tertiary/aromatic N) is 2. The molecule has 0 bridgehead atoms. The summed E-state index contributed by atoms with van der Waals surface area (Å²) in [6, 6.07) is 0.537. The van der Waals surface area contributed by atoms with Gasteiger partial charge in [0.2, 0.25) is 0 Å². The Morgan fingerprint density at radius 3 is 2.67 bits per heavy atom. The van der Waals surface area contributed by atoms with Crippen LogP contribution < -0.4 is 5.32 Å². The molecule has 1 atom stereocenters. The fourth-order valence-corrected chi connectivity index (χ4v) is 5.00. The van der Waals surface area contributed by atoms with Gasteiger partial charge in [0.1, 0.15) is 0 Å². The largest absolute Gasteiger partial charge is 0.309 e. The third-order valence-electron chi connectivity index (χ3n) is 4.60. The number of nitrogens with one attached hydrogen (secondary N) is 1. The molecule has 1 aliphatic carbocycles. The average Bonchev–Trinajstić information content (AvgIpc) is 3.10. The Labute approximate surface area is 126 Å². The number of hydrogen-bond acceptors (Lipinski definition) is 4. The van der Waals surface area contributed by atoms with E-state index in [2.05, 4.69) is 29.5 Å². The molecule has 1 saturated heterocycles. The van der Waals surface area contributed by atoms with Crippen molar-refractivity contribution in [3.8, 4) is 0 Å². The molecule has 3 rings (SSSR count). The Hall–Kier alpha value is -1.14. The van der Waals surface area contributed by atoms with Crippen LogP contribution >= 0.6 is 0 Å². The fraction of sp³-hybridized carbons (Fsp3) is 0.667. The molecule has 1 unspecified atom stereocenters. The van der Waals surface area contributed by atoms with Gasteiger partial charge in [-0.25, -0.2) is 8.42 Å². The summed E-state index contributed by atoms with van der Waals surface area (Å²) in [5, 5.41) is 8.17. The third-order valence-corrected chi connectivity index (χ3v) is 6.35. The highest BCUT2D eigenvalue weighted by Gasteiger charge is 2.31. The lowest BCUT2D eigenvalue weighted by atomic mass is 10.1. The summed E-state index contributed by atoms with van der Waals surface area (Å²) in [6.45, 7) is 4.87. The smallest absolute Gasteiger partial charge is 0.152 e. The monoisotopic (exact) mass is 309 g/mol. The summed E-state index contributed by atoms with van der Waals surface area (Å²) in [5.41, 5.74) is 3.33. The maximum atomic E-state index is 11.7. The molecule has 21 heavy (non-hydrogen) atoms. The second kappa shape index (κ2) is 5.57. The molecule has 0 radical (unpaired) electrons. The summed E-state index contributed by atoms with van der Waals surface area (Å²) in [4.78, 5) is 0. The van der Waals surface area contributed by atoms with Gasteiger partial charge in [-0.15, -0.1) is 0 Å². The molecule has 0 amide bonds. The normalized spacial score (nSPS) is 25.0. The van der Waals surface area contributed by atoms with Gasteiger partial charge in [0.25, 0.3) is 0 Å². The van der Waals surface area contributed by atoms with E-state index in [9.17, 15) is 8.42 Å². The molecule has 0 aromatic carbocycles. The molecule has 5 nitrogen and oxygen atoms in total. The van der Waals surface area contributed by atoms with Gasteiger partial charge < -0.3 is 5.32 Å². The zero-order chi connectivity index (χ0) is 15.0. The van der Waals surface area contributed by atoms with Gasteiger partial charge >= 0.3 is 0 Å². The van der Waals surface area contributed by atoms with Crippen molar-refractivity contribution >= 4 is 9.84 Å². The fourth-order valence-electron chi connectivity index (χ4n) is 3.31. The lowest BCUT2D eigenvalue weighted by Gasteiger charge is -2.14. The van der Waals surface area contributed by atoms with Crippen LogP contribution in [0.5, 0.6) is 0 Å². The first-order valence-electron chi connectivity index (χ1n) is 7.59. The Morgan fingerprint density at radius 1 is 1.33 bits per heavy atom. The molecule has 0 saturated carbocycles. The predicted octanol–water partition coefficient (Wildman–Crippen LogP) is 1.67. The lowest BCUT2D eigenvalue weighted by Crippen LogP contribution is -2.26. The van der Waals surface area contributed by atoms with Crippen LogP contribution in [0.2, 0.25) is 0 Å². The number of sulfone groups is 1. The van der Waals surface area contributed by atoms with E-state index in [-0.39, 0.29) is 17.5 Å². The van der Waals surface area contributed by atoms with E-state index in [1.807, 2.05) is 11.6 Å². The summed E-state index contributed by atoms with van der Waals surface area (Å²) in [7, 11) is -2.87. The van der Waals surface area contributed by atoms with Gasteiger partial charge in [0.15, 0.2) is 9.84 Å². The molecule has 1 N–H and O–H groups in total. The van der Waals surface area contributed by atoms with Crippen LogP contribution in [0.3, 0.4) is 0 Å². The van der Waals surface area contributed by atoms with Crippen LogP contribution in [0.4, 0.5) is 0 Å². The molecule has 1 aromatic rings. The van der Waals surface area contributed by atoms with Crippen molar-refractivity contribution in [3.63, 3.8) is 0 Å². The molecule has 1 aromatic heterocycles. The van der Waals surface area contributed by atoms with Crippen molar-refractivity contribution in [3.05, 3.63) is 29.1 Å². The number of aryl methyl sites for hydroxylation is 1. The van der Waals surface area contributed by atoms with Crippen LogP contribution in [0, 0.1) is 13.8 Å². The van der Waals surface area contributed by atoms with Gasteiger partial charge in [-0.05, 0) is 33.1 Å². The Morgan fingerprint density at radius 2 is 2.05 bits per heavy atom. The molecule has 0 spiro atoms. The van der Waals surface area contributed by atoms with E-state index >= 15 is 0 Å². The minimum atomic E-state index is -2.87. The van der Waals surface area contributed by atoms with Crippen LogP contribution in [0.1, 0.15) is 42.3 Å². The molecule has 6 heteroatoms. The minimum absolute atomic E-state index is 0.00981. The first-order valence-corrected chi connectivity index (χ1v) is 9.42. The van der Waals surface area contributed by atoms with E-state index in [1.165, 1.54) is 5.56 Å². The van der Waals surface area contributed by atoms with Crippen LogP contribution in [-0.2, 0) is 16.4 Å². The van der Waals surface area contributed by atoms with Crippen molar-refractivity contribution < 1.29 is 8.42 Å². The van der Waals surface area contributed by atoms with Crippen molar-refractivity contribution in [2.75, 3.05) is 11.5 Å². The first kappa shape index (κ1) is 14.8. The second-order valence-corrected chi connectivity index (χ2v) is 8.40. The zero-order valence-electron chi connectivity index (χ0n) is 12.7. The van der Waals surface area contributed by atoms with Gasteiger partial charge in [-0.3, -0.25) is 4.68 Å². The maximum Gasteiger partial charge on any atom is 0.152 e. The molecule has 2 heterocycles. The maximum absolute atomic E-state index is 11.7. The van der Waals surface area contributed by atoms with Gasteiger partial charge in [0, 0.05) is 23.8 Å². The SMILES string of the molecule is Cc1nn(C2CCS(=O)(=O)C2)c(C)c1CNC1CC=CC1. The topological polar surface area (TPSA) is 64.0 Å². The van der Waals surface area contributed by atoms with E-state index < -0.39 is 9.84 Å². The highest BCUT2D eigenvalue weighted by Crippen LogP contribution is 2.26. The summed E-state index contributed by atoms with van der Waals surface area (Å²) in [6.07, 6.45) is 7.29. The second-order valence-electron chi connectivity index (χ2n) is 6.17. The van der Waals surface area contributed by atoms with E-state index in [4.69, 9.17) is 0 Å². The average molecular weight is 309 g/mol. The van der Waals surface area contributed by atoms with Gasteiger partial charge in [0.05, 0.1) is 23.2 Å². The Kier molecular flexibility index (Phi) is 3.92. The molecule has 1 fully saturated rings. The molecule has 116 valence electrons. The van der Waals surface area contributed by atoms with Crippen molar-refractivity contribution in [1.29, 1.82) is 0 Å². The van der Waals surface area contributed by atoms with E-state index in [0.717, 1.165) is 30.8 Å². The van der Waals surface area contributed by atoms with Crippen LogP contribution in [0.15, 0.2) is 12.2 Å². The predicted molar refractivity (Wildman–Crippen MR) is 83.0 cm³/mol. The minimum Gasteiger partial charge on any atom is -0.309 e.